The van der Waals surface area contributed by atoms with Gasteiger partial charge in [0.05, 0.1) is 10.2 Å². The van der Waals surface area contributed by atoms with Gasteiger partial charge in [-0.15, -0.1) is 0 Å². The minimum atomic E-state index is -0.853. The van der Waals surface area contributed by atoms with E-state index < -0.39 is 6.10 Å². The van der Waals surface area contributed by atoms with Crippen LogP contribution in [0.25, 0.3) is 0 Å². The van der Waals surface area contributed by atoms with E-state index in [0.717, 1.165) is 11.1 Å². The first-order chi connectivity index (χ1) is 8.02. The molecule has 1 atom stereocenters. The molecule has 1 heterocycles. The van der Waals surface area contributed by atoms with Crippen LogP contribution in [0.1, 0.15) is 28.5 Å². The molecule has 2 rings (SSSR count). The Morgan fingerprint density at radius 2 is 2.06 bits per heavy atom. The van der Waals surface area contributed by atoms with E-state index in [9.17, 15) is 9.50 Å². The average Bonchev–Trinajstić information content (AvgIpc) is 2.63. The first-order valence-electron chi connectivity index (χ1n) is 5.28. The van der Waals surface area contributed by atoms with Crippen molar-refractivity contribution in [1.29, 1.82) is 0 Å². The Hall–Kier alpha value is -1.13. The summed E-state index contributed by atoms with van der Waals surface area (Å²) in [5.41, 5.74) is 3.30. The van der Waals surface area contributed by atoms with Crippen molar-refractivity contribution >= 4 is 15.9 Å². The number of hydrogen-bond donors (Lipinski definition) is 2. The summed E-state index contributed by atoms with van der Waals surface area (Å²) in [6.45, 7) is 3.89. The number of aliphatic hydroxyl groups excluding tert-OH is 1. The van der Waals surface area contributed by atoms with E-state index in [0.29, 0.717) is 15.7 Å². The van der Waals surface area contributed by atoms with Crippen molar-refractivity contribution in [2.45, 2.75) is 20.0 Å². The Morgan fingerprint density at radius 1 is 1.35 bits per heavy atom. The fourth-order valence-corrected chi connectivity index (χ4v) is 2.27. The highest BCUT2D eigenvalue weighted by Crippen LogP contribution is 2.31. The second-order valence-electron chi connectivity index (χ2n) is 4.06. The van der Waals surface area contributed by atoms with Crippen molar-refractivity contribution in [3.05, 3.63) is 57.1 Å². The monoisotopic (exact) mass is 297 g/mol. The molecule has 0 amide bonds. The maximum atomic E-state index is 13.4. The van der Waals surface area contributed by atoms with Crippen molar-refractivity contribution < 1.29 is 9.50 Å². The van der Waals surface area contributed by atoms with Gasteiger partial charge in [0, 0.05) is 11.8 Å². The van der Waals surface area contributed by atoms with Crippen molar-refractivity contribution in [3.63, 3.8) is 0 Å². The van der Waals surface area contributed by atoms with E-state index in [1.165, 1.54) is 6.07 Å². The van der Waals surface area contributed by atoms with Gasteiger partial charge in [-0.05, 0) is 47.0 Å². The van der Waals surface area contributed by atoms with Crippen LogP contribution in [0.2, 0.25) is 0 Å². The lowest BCUT2D eigenvalue weighted by Crippen LogP contribution is -2.03. The fourth-order valence-electron chi connectivity index (χ4n) is 1.79. The van der Waals surface area contributed by atoms with Gasteiger partial charge in [0.25, 0.3) is 0 Å². The summed E-state index contributed by atoms with van der Waals surface area (Å²) in [7, 11) is 0. The molecule has 0 saturated carbocycles. The van der Waals surface area contributed by atoms with Gasteiger partial charge in [-0.25, -0.2) is 4.39 Å². The number of aryl methyl sites for hydroxylation is 1. The van der Waals surface area contributed by atoms with Gasteiger partial charge in [-0.2, -0.15) is 0 Å². The topological polar surface area (TPSA) is 36.0 Å². The Balaban J connectivity index is 2.47. The van der Waals surface area contributed by atoms with Crippen LogP contribution in [0, 0.1) is 19.7 Å². The minimum Gasteiger partial charge on any atom is -0.382 e. The summed E-state index contributed by atoms with van der Waals surface area (Å²) in [5.74, 6) is -0.373. The number of hydrogen-bond acceptors (Lipinski definition) is 1. The summed E-state index contributed by atoms with van der Waals surface area (Å²) < 4.78 is 13.7. The third kappa shape index (κ3) is 2.15. The molecule has 0 aliphatic heterocycles. The number of aromatic nitrogens is 1. The molecule has 2 N–H and O–H groups in total. The number of benzene rings is 1. The molecule has 17 heavy (non-hydrogen) atoms. The first kappa shape index (κ1) is 12.3. The predicted octanol–water partition coefficient (Wildman–Crippen LogP) is 3.61. The van der Waals surface area contributed by atoms with Gasteiger partial charge >= 0.3 is 0 Å². The maximum absolute atomic E-state index is 13.4. The van der Waals surface area contributed by atoms with Crippen LogP contribution in [0.4, 0.5) is 4.39 Å². The van der Waals surface area contributed by atoms with E-state index in [2.05, 4.69) is 20.9 Å². The molecule has 1 aromatic heterocycles. The Labute approximate surface area is 108 Å². The van der Waals surface area contributed by atoms with Crippen LogP contribution < -0.4 is 0 Å². The van der Waals surface area contributed by atoms with Crippen molar-refractivity contribution in [2.24, 2.45) is 0 Å². The third-order valence-electron chi connectivity index (χ3n) is 2.99. The molecule has 1 aromatic carbocycles. The highest BCUT2D eigenvalue weighted by molar-refractivity contribution is 9.10. The van der Waals surface area contributed by atoms with Gasteiger partial charge in [0.2, 0.25) is 0 Å². The zero-order valence-electron chi connectivity index (χ0n) is 9.59. The van der Waals surface area contributed by atoms with Crippen LogP contribution in [0.5, 0.6) is 0 Å². The third-order valence-corrected chi connectivity index (χ3v) is 3.83. The Bertz CT molecular complexity index is 550. The molecule has 90 valence electrons. The van der Waals surface area contributed by atoms with Crippen LogP contribution in [-0.2, 0) is 0 Å². The van der Waals surface area contributed by atoms with Crippen molar-refractivity contribution in [2.75, 3.05) is 0 Å². The normalized spacial score (nSPS) is 12.8. The lowest BCUT2D eigenvalue weighted by atomic mass is 10.0. The summed E-state index contributed by atoms with van der Waals surface area (Å²) in [5, 5.41) is 10.3. The molecule has 0 saturated heterocycles. The molecule has 4 heteroatoms. The lowest BCUT2D eigenvalue weighted by Gasteiger charge is -2.13. The number of aromatic amines is 1. The Morgan fingerprint density at radius 3 is 2.65 bits per heavy atom. The van der Waals surface area contributed by atoms with Crippen LogP contribution in [-0.4, -0.2) is 10.1 Å². The fraction of sp³-hybridized carbons (Fsp3) is 0.231. The highest BCUT2D eigenvalue weighted by Gasteiger charge is 2.19. The smallest absolute Gasteiger partial charge is 0.137 e. The Kier molecular flexibility index (Phi) is 3.35. The molecule has 0 bridgehead atoms. The first-order valence-corrected chi connectivity index (χ1v) is 6.08. The molecule has 0 radical (unpaired) electrons. The molecule has 0 fully saturated rings. The number of aliphatic hydroxyl groups is 1. The molecular formula is C13H13BrFNO. The quantitative estimate of drug-likeness (QED) is 0.873. The summed E-state index contributed by atoms with van der Waals surface area (Å²) in [4.78, 5) is 3.03. The summed E-state index contributed by atoms with van der Waals surface area (Å²) >= 11 is 3.16. The molecular weight excluding hydrogens is 285 g/mol. The van der Waals surface area contributed by atoms with Gasteiger partial charge in [0.15, 0.2) is 0 Å². The van der Waals surface area contributed by atoms with Crippen molar-refractivity contribution in [1.82, 2.24) is 4.98 Å². The molecule has 1 unspecified atom stereocenters. The van der Waals surface area contributed by atoms with Crippen LogP contribution in [0.15, 0.2) is 28.9 Å². The number of H-pyrrole nitrogens is 1. The van der Waals surface area contributed by atoms with E-state index in [1.807, 2.05) is 20.0 Å². The SMILES string of the molecule is Cc1c[nH]c(C(O)c2cccc(F)c2Br)c1C. The summed E-state index contributed by atoms with van der Waals surface area (Å²) in [6.07, 6.45) is 0.981. The second kappa shape index (κ2) is 4.63. The predicted molar refractivity (Wildman–Crippen MR) is 68.4 cm³/mol. The van der Waals surface area contributed by atoms with Gasteiger partial charge < -0.3 is 10.1 Å². The summed E-state index contributed by atoms with van der Waals surface area (Å²) in [6, 6.07) is 4.64. The standard InChI is InChI=1S/C13H13BrFNO/c1-7-6-16-12(8(7)2)13(17)9-4-3-5-10(15)11(9)14/h3-6,13,16-17H,1-2H3. The van der Waals surface area contributed by atoms with Crippen LogP contribution in [0.3, 0.4) is 0 Å². The van der Waals surface area contributed by atoms with E-state index in [1.54, 1.807) is 12.1 Å². The second-order valence-corrected chi connectivity index (χ2v) is 4.85. The molecule has 2 aromatic rings. The van der Waals surface area contributed by atoms with Crippen molar-refractivity contribution in [3.8, 4) is 0 Å². The van der Waals surface area contributed by atoms with Gasteiger partial charge in [-0.1, -0.05) is 12.1 Å². The average molecular weight is 298 g/mol. The van der Waals surface area contributed by atoms with Gasteiger partial charge in [-0.3, -0.25) is 0 Å². The molecule has 0 spiro atoms. The van der Waals surface area contributed by atoms with E-state index in [-0.39, 0.29) is 5.82 Å². The minimum absolute atomic E-state index is 0.305. The maximum Gasteiger partial charge on any atom is 0.137 e. The zero-order valence-corrected chi connectivity index (χ0v) is 11.2. The largest absolute Gasteiger partial charge is 0.382 e. The van der Waals surface area contributed by atoms with E-state index in [4.69, 9.17) is 0 Å². The lowest BCUT2D eigenvalue weighted by molar-refractivity contribution is 0.214. The van der Waals surface area contributed by atoms with Gasteiger partial charge in [0.1, 0.15) is 11.9 Å². The number of nitrogens with one attached hydrogen (secondary N) is 1. The number of rotatable bonds is 2. The van der Waals surface area contributed by atoms with E-state index >= 15 is 0 Å². The molecule has 0 aliphatic rings. The number of halogens is 2. The molecule has 2 nitrogen and oxygen atoms in total. The zero-order chi connectivity index (χ0) is 12.6. The molecule has 0 aliphatic carbocycles. The highest BCUT2D eigenvalue weighted by atomic mass is 79.9. The van der Waals surface area contributed by atoms with Crippen LogP contribution >= 0.6 is 15.9 Å².